The molecule has 354 valence electrons. The van der Waals surface area contributed by atoms with Crippen LogP contribution in [0.4, 0.5) is 0 Å². The molecule has 6 heteroatoms. The third-order valence-electron chi connectivity index (χ3n) is 15.3. The minimum absolute atomic E-state index is 0.557. The van der Waals surface area contributed by atoms with Crippen molar-refractivity contribution < 1.29 is 0 Å². The number of rotatable bonds is 5. The monoisotopic (exact) mass is 960 g/mol. The second-order valence-corrected chi connectivity index (χ2v) is 20.2. The number of fused-ring (bicyclic) bond motifs is 5. The zero-order valence-electron chi connectivity index (χ0n) is 42.2. The lowest BCUT2D eigenvalue weighted by molar-refractivity contribution is 1.07. The number of nitriles is 1. The summed E-state index contributed by atoms with van der Waals surface area (Å²) in [5.41, 5.74) is 24.1. The fraction of sp³-hybridized carbons (Fsp3) is 0.0725. The van der Waals surface area contributed by atoms with E-state index in [-0.39, 0.29) is 0 Å². The van der Waals surface area contributed by atoms with Crippen molar-refractivity contribution in [2.45, 2.75) is 34.6 Å². The van der Waals surface area contributed by atoms with Crippen molar-refractivity contribution in [2.24, 2.45) is 0 Å². The molecule has 0 N–H and O–H groups in total. The van der Waals surface area contributed by atoms with Crippen LogP contribution in [0.5, 0.6) is 0 Å². The van der Waals surface area contributed by atoms with Gasteiger partial charge in [0.1, 0.15) is 0 Å². The Morgan fingerprint density at radius 3 is 1.36 bits per heavy atom. The molecule has 75 heavy (non-hydrogen) atoms. The molecule has 0 atom stereocenters. The average molecular weight is 961 g/mol. The minimum Gasteiger partial charge on any atom is -0.309 e. The van der Waals surface area contributed by atoms with E-state index in [2.05, 4.69) is 189 Å². The summed E-state index contributed by atoms with van der Waals surface area (Å²) in [4.78, 5) is 15.7. The molecule has 3 aromatic heterocycles. The molecule has 0 aliphatic carbocycles. The van der Waals surface area contributed by atoms with Gasteiger partial charge < -0.3 is 9.13 Å². The van der Waals surface area contributed by atoms with E-state index in [9.17, 15) is 5.26 Å². The first-order chi connectivity index (χ1) is 36.7. The Balaban J connectivity index is 1.16. The molecule has 0 radical (unpaired) electrons. The van der Waals surface area contributed by atoms with Crippen LogP contribution in [-0.2, 0) is 0 Å². The SMILES string of the molecule is Cc1cc(C)c(-c2ccc3c(c2)c2ccccc2n3-c2cc(C#N)cc3c2-c2cc(-c4nc(-c5ccccc5)nc(-c5ccccc5)n4)ccc2-n2c4ccccc4c4cc(ccc42)-c2c(C)cc(C)cc2-3)c(C)c1. The van der Waals surface area contributed by atoms with E-state index in [4.69, 9.17) is 15.0 Å². The molecule has 4 bridgehead atoms. The van der Waals surface area contributed by atoms with E-state index in [0.717, 1.165) is 105 Å². The van der Waals surface area contributed by atoms with Gasteiger partial charge in [-0.1, -0.05) is 145 Å². The lowest BCUT2D eigenvalue weighted by atomic mass is 9.83. The smallest absolute Gasteiger partial charge is 0.164 e. The van der Waals surface area contributed by atoms with Crippen molar-refractivity contribution in [2.75, 3.05) is 0 Å². The van der Waals surface area contributed by atoms with Gasteiger partial charge in [-0.15, -0.1) is 0 Å². The molecule has 0 unspecified atom stereocenters. The predicted molar refractivity (Wildman–Crippen MR) is 309 cm³/mol. The number of para-hydroxylation sites is 2. The maximum atomic E-state index is 11.3. The van der Waals surface area contributed by atoms with E-state index in [1.807, 2.05) is 60.7 Å². The second kappa shape index (κ2) is 16.9. The van der Waals surface area contributed by atoms with Crippen molar-refractivity contribution in [1.82, 2.24) is 24.1 Å². The summed E-state index contributed by atoms with van der Waals surface area (Å²) in [5.74, 6) is 1.74. The number of benzene rings is 10. The van der Waals surface area contributed by atoms with Crippen molar-refractivity contribution in [3.63, 3.8) is 0 Å². The summed E-state index contributed by atoms with van der Waals surface area (Å²) in [5, 5.41) is 15.9. The third kappa shape index (κ3) is 6.96. The molecule has 10 aromatic carbocycles. The van der Waals surface area contributed by atoms with Gasteiger partial charge in [0.2, 0.25) is 0 Å². The highest BCUT2D eigenvalue weighted by atomic mass is 15.0. The van der Waals surface area contributed by atoms with Gasteiger partial charge in [-0.3, -0.25) is 0 Å². The lowest BCUT2D eigenvalue weighted by Gasteiger charge is -2.24. The fourth-order valence-corrected chi connectivity index (χ4v) is 12.3. The Bertz CT molecular complexity index is 4510. The van der Waals surface area contributed by atoms with Crippen molar-refractivity contribution >= 4 is 43.6 Å². The fourth-order valence-electron chi connectivity index (χ4n) is 12.3. The Kier molecular flexibility index (Phi) is 9.95. The Morgan fingerprint density at radius 1 is 0.333 bits per heavy atom. The van der Waals surface area contributed by atoms with E-state index >= 15 is 0 Å². The molecule has 0 fully saturated rings. The lowest BCUT2D eigenvalue weighted by Crippen LogP contribution is -2.05. The van der Waals surface area contributed by atoms with Gasteiger partial charge in [0.15, 0.2) is 17.5 Å². The van der Waals surface area contributed by atoms with Crippen LogP contribution in [0.1, 0.15) is 33.4 Å². The van der Waals surface area contributed by atoms with Crippen LogP contribution in [0, 0.1) is 45.9 Å². The molecule has 15 rings (SSSR count). The number of hydrogen-bond donors (Lipinski definition) is 0. The van der Waals surface area contributed by atoms with E-state index in [0.29, 0.717) is 23.0 Å². The molecule has 0 saturated carbocycles. The van der Waals surface area contributed by atoms with Crippen molar-refractivity contribution in [3.05, 3.63) is 234 Å². The van der Waals surface area contributed by atoms with Crippen molar-refractivity contribution in [1.29, 1.82) is 5.26 Å². The van der Waals surface area contributed by atoms with Gasteiger partial charge in [0.05, 0.1) is 45.1 Å². The summed E-state index contributed by atoms with van der Waals surface area (Å²) in [6, 6.07) is 74.3. The number of aryl methyl sites for hydroxylation is 5. The van der Waals surface area contributed by atoms with Gasteiger partial charge in [-0.2, -0.15) is 5.26 Å². The molecular formula is C69H48N6. The molecule has 2 aliphatic rings. The zero-order valence-corrected chi connectivity index (χ0v) is 42.2. The first-order valence-electron chi connectivity index (χ1n) is 25.6. The van der Waals surface area contributed by atoms with Crippen LogP contribution in [-0.4, -0.2) is 24.1 Å². The van der Waals surface area contributed by atoms with Gasteiger partial charge in [-0.25, -0.2) is 15.0 Å². The van der Waals surface area contributed by atoms with Gasteiger partial charge in [0, 0.05) is 49.4 Å². The molecule has 0 saturated heterocycles. The molecule has 13 aromatic rings. The largest absolute Gasteiger partial charge is 0.309 e. The zero-order chi connectivity index (χ0) is 50.6. The molecule has 2 aliphatic heterocycles. The van der Waals surface area contributed by atoms with Crippen LogP contribution in [0.25, 0.3) is 134 Å². The first-order valence-corrected chi connectivity index (χ1v) is 25.6. The van der Waals surface area contributed by atoms with Crippen molar-refractivity contribution in [3.8, 4) is 96.1 Å². The quantitative estimate of drug-likeness (QED) is 0.172. The highest BCUT2D eigenvalue weighted by molar-refractivity contribution is 6.15. The number of hydrogen-bond acceptors (Lipinski definition) is 4. The van der Waals surface area contributed by atoms with E-state index < -0.39 is 0 Å². The Morgan fingerprint density at radius 2 is 0.787 bits per heavy atom. The maximum absolute atomic E-state index is 11.3. The van der Waals surface area contributed by atoms with E-state index in [1.54, 1.807) is 0 Å². The molecule has 0 spiro atoms. The van der Waals surface area contributed by atoms with Crippen LogP contribution < -0.4 is 0 Å². The topological polar surface area (TPSA) is 72.3 Å². The van der Waals surface area contributed by atoms with Crippen LogP contribution in [0.15, 0.2) is 200 Å². The van der Waals surface area contributed by atoms with Gasteiger partial charge in [0.25, 0.3) is 0 Å². The van der Waals surface area contributed by atoms with Crippen LogP contribution in [0.3, 0.4) is 0 Å². The molecular weight excluding hydrogens is 913 g/mol. The highest BCUT2D eigenvalue weighted by Gasteiger charge is 2.29. The highest BCUT2D eigenvalue weighted by Crippen LogP contribution is 2.50. The summed E-state index contributed by atoms with van der Waals surface area (Å²) in [6.07, 6.45) is 0. The summed E-state index contributed by atoms with van der Waals surface area (Å²) >= 11 is 0. The number of aromatic nitrogens is 5. The van der Waals surface area contributed by atoms with Gasteiger partial charge >= 0.3 is 0 Å². The molecule has 6 nitrogen and oxygen atoms in total. The third-order valence-corrected chi connectivity index (χ3v) is 15.3. The minimum atomic E-state index is 0.557. The normalized spacial score (nSPS) is 11.8. The van der Waals surface area contributed by atoms with Crippen LogP contribution in [0.2, 0.25) is 0 Å². The Hall–Kier alpha value is -9.70. The Labute approximate surface area is 435 Å². The summed E-state index contributed by atoms with van der Waals surface area (Å²) < 4.78 is 4.83. The molecule has 0 amide bonds. The summed E-state index contributed by atoms with van der Waals surface area (Å²) in [6.45, 7) is 11.0. The average Bonchev–Trinajstić information content (AvgIpc) is 4.02. The maximum Gasteiger partial charge on any atom is 0.164 e. The summed E-state index contributed by atoms with van der Waals surface area (Å²) in [7, 11) is 0. The molecule has 5 heterocycles. The second-order valence-electron chi connectivity index (χ2n) is 20.2. The van der Waals surface area contributed by atoms with Crippen LogP contribution >= 0.6 is 0 Å². The van der Waals surface area contributed by atoms with Gasteiger partial charge in [-0.05, 0) is 151 Å². The standard InChI is InChI=1S/C69H48N6/c1-40-30-42(3)64(43(4)31-40)48-24-27-61-53(36-48)52-21-13-15-23-59(52)75(61)63-35-45(39-70)34-56-55-33-41(2)32-44(5)65(55)49-25-28-60-54(37-49)51-20-12-14-22-58(51)74(60)62-29-26-50(38-57(62)66(56)63)69-72-67(46-16-8-6-9-17-46)71-68(73-69)47-18-10-7-11-19-47/h6-38H,1-5H3. The predicted octanol–water partition coefficient (Wildman–Crippen LogP) is 17.5. The number of nitrogens with zero attached hydrogens (tertiary/aromatic N) is 6. The van der Waals surface area contributed by atoms with E-state index in [1.165, 1.54) is 38.6 Å². The first kappa shape index (κ1) is 44.0.